The van der Waals surface area contributed by atoms with E-state index in [1.165, 1.54) is 11.4 Å². The van der Waals surface area contributed by atoms with Gasteiger partial charge in [0.25, 0.3) is 0 Å². The van der Waals surface area contributed by atoms with Gasteiger partial charge in [0.2, 0.25) is 0 Å². The van der Waals surface area contributed by atoms with Crippen LogP contribution in [0.15, 0.2) is 12.4 Å². The summed E-state index contributed by atoms with van der Waals surface area (Å²) in [7, 11) is 0. The van der Waals surface area contributed by atoms with Crippen molar-refractivity contribution in [1.82, 2.24) is 9.97 Å². The first-order valence-electron chi connectivity index (χ1n) is 4.86. The van der Waals surface area contributed by atoms with Crippen LogP contribution >= 0.6 is 0 Å². The van der Waals surface area contributed by atoms with E-state index < -0.39 is 0 Å². The van der Waals surface area contributed by atoms with Gasteiger partial charge in [-0.1, -0.05) is 27.7 Å². The summed E-state index contributed by atoms with van der Waals surface area (Å²) in [5.74, 6) is 1.04. The van der Waals surface area contributed by atoms with Crippen LogP contribution in [-0.4, -0.2) is 9.97 Å². The van der Waals surface area contributed by atoms with Gasteiger partial charge < -0.3 is 0 Å². The van der Waals surface area contributed by atoms with E-state index in [2.05, 4.69) is 37.7 Å². The largest absolute Gasteiger partial charge is 0.257 e. The fourth-order valence-electron chi connectivity index (χ4n) is 2.11. The van der Waals surface area contributed by atoms with E-state index in [1.54, 1.807) is 12.4 Å². The maximum Gasteiger partial charge on any atom is 0.0655 e. The van der Waals surface area contributed by atoms with Crippen molar-refractivity contribution in [2.45, 2.75) is 39.5 Å². The lowest BCUT2D eigenvalue weighted by molar-refractivity contribution is 0.276. The number of nitrogens with zero attached hydrogens (tertiary/aromatic N) is 2. The molecule has 2 atom stereocenters. The van der Waals surface area contributed by atoms with Crippen LogP contribution in [-0.2, 0) is 0 Å². The van der Waals surface area contributed by atoms with E-state index >= 15 is 0 Å². The van der Waals surface area contributed by atoms with Crippen molar-refractivity contribution < 1.29 is 0 Å². The first-order chi connectivity index (χ1) is 6.05. The lowest BCUT2D eigenvalue weighted by Crippen LogP contribution is -2.18. The molecule has 2 heteroatoms. The molecule has 1 heterocycles. The minimum absolute atomic E-state index is 0.295. The molecule has 0 aliphatic heterocycles. The average Bonchev–Trinajstić information content (AvgIpc) is 2.30. The molecule has 0 radical (unpaired) electrons. The molecule has 0 saturated carbocycles. The maximum atomic E-state index is 4.42. The van der Waals surface area contributed by atoms with Gasteiger partial charge >= 0.3 is 0 Å². The third-order valence-electron chi connectivity index (χ3n) is 3.81. The van der Waals surface area contributed by atoms with Crippen molar-refractivity contribution in [3.8, 4) is 0 Å². The van der Waals surface area contributed by atoms with Crippen LogP contribution in [0.25, 0.3) is 0 Å². The molecule has 1 aliphatic rings. The first kappa shape index (κ1) is 8.67. The first-order valence-corrected chi connectivity index (χ1v) is 4.86. The molecule has 2 nitrogen and oxygen atoms in total. The van der Waals surface area contributed by atoms with Crippen LogP contribution in [0.5, 0.6) is 0 Å². The minimum Gasteiger partial charge on any atom is -0.257 e. The Morgan fingerprint density at radius 1 is 1.00 bits per heavy atom. The van der Waals surface area contributed by atoms with Gasteiger partial charge in [-0.3, -0.25) is 9.97 Å². The van der Waals surface area contributed by atoms with Gasteiger partial charge in [0, 0.05) is 24.2 Å². The highest BCUT2D eigenvalue weighted by molar-refractivity contribution is 5.30. The fraction of sp³-hybridized carbons (Fsp3) is 0.636. The lowest BCUT2D eigenvalue weighted by Gasteiger charge is -2.28. The highest BCUT2D eigenvalue weighted by Crippen LogP contribution is 2.52. The van der Waals surface area contributed by atoms with Gasteiger partial charge in [0.1, 0.15) is 0 Å². The van der Waals surface area contributed by atoms with Gasteiger partial charge in [0.15, 0.2) is 0 Å². The Bertz CT molecular complexity index is 300. The van der Waals surface area contributed by atoms with E-state index in [1.807, 2.05) is 0 Å². The number of fused-ring (bicyclic) bond motifs is 1. The molecule has 0 amide bonds. The number of aromatic nitrogens is 2. The zero-order valence-electron chi connectivity index (χ0n) is 8.70. The average molecular weight is 176 g/mol. The van der Waals surface area contributed by atoms with E-state index in [0.717, 1.165) is 0 Å². The molecular formula is C11H16N2. The number of hydrogen-bond acceptors (Lipinski definition) is 2. The predicted molar refractivity (Wildman–Crippen MR) is 52.6 cm³/mol. The SMILES string of the molecule is C[C@@H]1c2nccnc2[C@H](C)C1(C)C. The molecule has 0 unspecified atom stereocenters. The van der Waals surface area contributed by atoms with Crippen LogP contribution in [0.1, 0.15) is 50.9 Å². The number of hydrogen-bond donors (Lipinski definition) is 0. The molecule has 70 valence electrons. The van der Waals surface area contributed by atoms with Gasteiger partial charge in [-0.2, -0.15) is 0 Å². The molecule has 0 bridgehead atoms. The van der Waals surface area contributed by atoms with Crippen molar-refractivity contribution in [2.24, 2.45) is 5.41 Å². The minimum atomic E-state index is 0.295. The third-order valence-corrected chi connectivity index (χ3v) is 3.81. The van der Waals surface area contributed by atoms with Crippen LogP contribution < -0.4 is 0 Å². The smallest absolute Gasteiger partial charge is 0.0655 e. The molecule has 0 spiro atoms. The summed E-state index contributed by atoms with van der Waals surface area (Å²) in [6, 6.07) is 0. The second-order valence-electron chi connectivity index (χ2n) is 4.59. The van der Waals surface area contributed by atoms with Crippen molar-refractivity contribution in [3.05, 3.63) is 23.8 Å². The van der Waals surface area contributed by atoms with Crippen molar-refractivity contribution >= 4 is 0 Å². The van der Waals surface area contributed by atoms with Crippen molar-refractivity contribution in [1.29, 1.82) is 0 Å². The van der Waals surface area contributed by atoms with Crippen LogP contribution in [0.4, 0.5) is 0 Å². The molecular weight excluding hydrogens is 160 g/mol. The second-order valence-corrected chi connectivity index (χ2v) is 4.59. The molecule has 1 aromatic heterocycles. The molecule has 0 fully saturated rings. The Labute approximate surface area is 79.4 Å². The monoisotopic (exact) mass is 176 g/mol. The molecule has 0 saturated heterocycles. The number of rotatable bonds is 0. The quantitative estimate of drug-likeness (QED) is 0.607. The van der Waals surface area contributed by atoms with E-state index in [0.29, 0.717) is 17.3 Å². The normalized spacial score (nSPS) is 30.2. The van der Waals surface area contributed by atoms with Crippen LogP contribution in [0.3, 0.4) is 0 Å². The molecule has 2 rings (SSSR count). The summed E-state index contributed by atoms with van der Waals surface area (Å²) >= 11 is 0. The predicted octanol–water partition coefficient (Wildman–Crippen LogP) is 2.72. The van der Waals surface area contributed by atoms with Gasteiger partial charge in [-0.15, -0.1) is 0 Å². The summed E-state index contributed by atoms with van der Waals surface area (Å²) in [5, 5.41) is 0. The summed E-state index contributed by atoms with van der Waals surface area (Å²) in [6.07, 6.45) is 3.59. The fourth-order valence-corrected chi connectivity index (χ4v) is 2.11. The highest BCUT2D eigenvalue weighted by atomic mass is 14.8. The van der Waals surface area contributed by atoms with Crippen molar-refractivity contribution in [3.63, 3.8) is 0 Å². The van der Waals surface area contributed by atoms with Crippen molar-refractivity contribution in [2.75, 3.05) is 0 Å². The Hall–Kier alpha value is -0.920. The Kier molecular flexibility index (Phi) is 1.69. The summed E-state index contributed by atoms with van der Waals surface area (Å²) < 4.78 is 0. The Balaban J connectivity index is 2.57. The van der Waals surface area contributed by atoms with E-state index in [4.69, 9.17) is 0 Å². The van der Waals surface area contributed by atoms with Crippen LogP contribution in [0.2, 0.25) is 0 Å². The van der Waals surface area contributed by atoms with Gasteiger partial charge in [-0.05, 0) is 5.41 Å². The highest BCUT2D eigenvalue weighted by Gasteiger charge is 2.43. The van der Waals surface area contributed by atoms with Gasteiger partial charge in [0.05, 0.1) is 11.4 Å². The third kappa shape index (κ3) is 1.01. The van der Waals surface area contributed by atoms with Crippen LogP contribution in [0, 0.1) is 5.41 Å². The standard InChI is InChI=1S/C11H16N2/c1-7-9-10(13-6-5-12-9)8(2)11(7,3)4/h5-8H,1-4H3/t7-,8+. The summed E-state index contributed by atoms with van der Waals surface area (Å²) in [4.78, 5) is 8.85. The Morgan fingerprint density at radius 3 is 1.77 bits per heavy atom. The Morgan fingerprint density at radius 2 is 1.38 bits per heavy atom. The zero-order chi connectivity index (χ0) is 9.64. The van der Waals surface area contributed by atoms with E-state index in [-0.39, 0.29) is 0 Å². The summed E-state index contributed by atoms with van der Waals surface area (Å²) in [6.45, 7) is 9.09. The van der Waals surface area contributed by atoms with E-state index in [9.17, 15) is 0 Å². The van der Waals surface area contributed by atoms with Gasteiger partial charge in [-0.25, -0.2) is 0 Å². The topological polar surface area (TPSA) is 25.8 Å². The maximum absolute atomic E-state index is 4.42. The summed E-state index contributed by atoms with van der Waals surface area (Å²) in [5.41, 5.74) is 2.68. The molecule has 13 heavy (non-hydrogen) atoms. The molecule has 0 N–H and O–H groups in total. The lowest BCUT2D eigenvalue weighted by atomic mass is 9.76. The molecule has 1 aliphatic carbocycles. The molecule has 0 aromatic carbocycles. The second kappa shape index (κ2) is 2.53. The molecule has 1 aromatic rings. The zero-order valence-corrected chi connectivity index (χ0v) is 8.70.